The van der Waals surface area contributed by atoms with Gasteiger partial charge < -0.3 is 9.47 Å². The van der Waals surface area contributed by atoms with Crippen molar-refractivity contribution in [3.63, 3.8) is 0 Å². The topological polar surface area (TPSA) is 90.2 Å². The number of benzene rings is 2. The predicted molar refractivity (Wildman–Crippen MR) is 114 cm³/mol. The minimum atomic E-state index is 0.269. The average molecular weight is 423 g/mol. The monoisotopic (exact) mass is 422 g/mol. The van der Waals surface area contributed by atoms with E-state index in [4.69, 9.17) is 21.1 Å². The average Bonchev–Trinajstić information content (AvgIpc) is 3.37. The number of halogens is 1. The summed E-state index contributed by atoms with van der Waals surface area (Å²) in [6.45, 7) is 0.269. The molecule has 0 saturated heterocycles. The Balaban J connectivity index is 1.61. The van der Waals surface area contributed by atoms with Gasteiger partial charge in [-0.05, 0) is 42.0 Å². The molecule has 0 aliphatic rings. The van der Waals surface area contributed by atoms with E-state index in [0.29, 0.717) is 28.0 Å². The second-order valence-electron chi connectivity index (χ2n) is 6.42. The zero-order valence-electron chi connectivity index (χ0n) is 16.4. The first-order valence-electron chi connectivity index (χ1n) is 9.14. The summed E-state index contributed by atoms with van der Waals surface area (Å²) in [5.74, 6) is 1.75. The molecule has 0 atom stereocenters. The number of aromatic amines is 1. The minimum Gasteiger partial charge on any atom is -0.485 e. The van der Waals surface area contributed by atoms with Gasteiger partial charge in [-0.15, -0.1) is 5.10 Å². The molecule has 0 amide bonds. The van der Waals surface area contributed by atoms with E-state index in [-0.39, 0.29) is 6.61 Å². The van der Waals surface area contributed by atoms with Gasteiger partial charge in [-0.1, -0.05) is 22.9 Å². The molecule has 2 aromatic heterocycles. The molecular formula is C21H19ClN6O2. The number of aryl methyl sites for hydroxylation is 1. The molecule has 2 aromatic carbocycles. The van der Waals surface area contributed by atoms with Crippen LogP contribution in [0.25, 0.3) is 11.3 Å². The Morgan fingerprint density at radius 1 is 1.17 bits per heavy atom. The largest absolute Gasteiger partial charge is 0.485 e. The maximum Gasteiger partial charge on any atom is 0.173 e. The summed E-state index contributed by atoms with van der Waals surface area (Å²) in [5, 5.41) is 15.4. The van der Waals surface area contributed by atoms with Gasteiger partial charge in [0.2, 0.25) is 0 Å². The normalized spacial score (nSPS) is 11.2. The maximum absolute atomic E-state index is 6.44. The van der Waals surface area contributed by atoms with Gasteiger partial charge in [0.1, 0.15) is 23.8 Å². The summed E-state index contributed by atoms with van der Waals surface area (Å²) in [7, 11) is 3.54. The van der Waals surface area contributed by atoms with Crippen molar-refractivity contribution in [2.24, 2.45) is 12.0 Å². The number of H-pyrrole nitrogens is 1. The van der Waals surface area contributed by atoms with Crippen LogP contribution in [0, 0.1) is 0 Å². The predicted octanol–water partition coefficient (Wildman–Crippen LogP) is 4.28. The van der Waals surface area contributed by atoms with Crippen LogP contribution in [-0.4, -0.2) is 38.5 Å². The third-order valence-corrected chi connectivity index (χ3v) is 4.70. The molecule has 0 unspecified atom stereocenters. The third-order valence-electron chi connectivity index (χ3n) is 4.40. The highest BCUT2D eigenvalue weighted by Gasteiger charge is 2.18. The maximum atomic E-state index is 6.44. The van der Waals surface area contributed by atoms with E-state index in [0.717, 1.165) is 16.8 Å². The number of nitrogens with zero attached hydrogens (tertiary/aromatic N) is 5. The van der Waals surface area contributed by atoms with Crippen molar-refractivity contribution in [3.8, 4) is 28.5 Å². The zero-order chi connectivity index (χ0) is 20.9. The Morgan fingerprint density at radius 2 is 2.00 bits per heavy atom. The van der Waals surface area contributed by atoms with Gasteiger partial charge in [0.25, 0.3) is 0 Å². The molecule has 4 aromatic rings. The van der Waals surface area contributed by atoms with E-state index in [1.807, 2.05) is 36.4 Å². The fourth-order valence-electron chi connectivity index (χ4n) is 2.88. The van der Waals surface area contributed by atoms with Crippen molar-refractivity contribution in [3.05, 3.63) is 71.1 Å². The van der Waals surface area contributed by atoms with Crippen molar-refractivity contribution in [2.45, 2.75) is 6.61 Å². The van der Waals surface area contributed by atoms with Gasteiger partial charge in [-0.3, -0.25) is 10.1 Å². The standard InChI is InChI=1S/C21H19ClN6O2/c1-23-10-14-6-8-16(9-7-14)30-19-12-24-26-20(19)17-4-3-5-18(22)21(17)29-13-15-11-25-27-28(15)2/h3-12H,13H2,1-2H3,(H,24,26). The van der Waals surface area contributed by atoms with E-state index < -0.39 is 0 Å². The summed E-state index contributed by atoms with van der Waals surface area (Å²) >= 11 is 6.44. The number of ether oxygens (including phenoxy) is 2. The first-order chi connectivity index (χ1) is 14.7. The Bertz CT molecular complexity index is 1170. The van der Waals surface area contributed by atoms with Crippen LogP contribution in [0.1, 0.15) is 11.3 Å². The van der Waals surface area contributed by atoms with Crippen LogP contribution in [0.5, 0.6) is 17.2 Å². The smallest absolute Gasteiger partial charge is 0.173 e. The number of aromatic nitrogens is 5. The van der Waals surface area contributed by atoms with Crippen LogP contribution in [0.3, 0.4) is 0 Å². The Labute approximate surface area is 178 Å². The van der Waals surface area contributed by atoms with E-state index in [1.54, 1.807) is 43.5 Å². The first kappa shape index (κ1) is 19.7. The van der Waals surface area contributed by atoms with Gasteiger partial charge >= 0.3 is 0 Å². The zero-order valence-corrected chi connectivity index (χ0v) is 17.2. The fourth-order valence-corrected chi connectivity index (χ4v) is 3.11. The Morgan fingerprint density at radius 3 is 2.73 bits per heavy atom. The molecule has 8 nitrogen and oxygen atoms in total. The highest BCUT2D eigenvalue weighted by molar-refractivity contribution is 6.32. The summed E-state index contributed by atoms with van der Waals surface area (Å²) in [5.41, 5.74) is 3.21. The summed E-state index contributed by atoms with van der Waals surface area (Å²) in [6.07, 6.45) is 5.04. The molecule has 0 saturated carbocycles. The summed E-state index contributed by atoms with van der Waals surface area (Å²) < 4.78 is 13.7. The highest BCUT2D eigenvalue weighted by atomic mass is 35.5. The molecule has 30 heavy (non-hydrogen) atoms. The van der Waals surface area contributed by atoms with Crippen LogP contribution >= 0.6 is 11.6 Å². The molecule has 0 aliphatic carbocycles. The molecule has 0 fully saturated rings. The highest BCUT2D eigenvalue weighted by Crippen LogP contribution is 2.40. The van der Waals surface area contributed by atoms with Crippen LogP contribution < -0.4 is 9.47 Å². The lowest BCUT2D eigenvalue weighted by Gasteiger charge is -2.13. The second-order valence-corrected chi connectivity index (χ2v) is 6.83. The van der Waals surface area contributed by atoms with Crippen molar-refractivity contribution >= 4 is 17.8 Å². The number of para-hydroxylation sites is 1. The van der Waals surface area contributed by atoms with E-state index in [2.05, 4.69) is 25.5 Å². The van der Waals surface area contributed by atoms with Crippen molar-refractivity contribution in [1.29, 1.82) is 0 Å². The molecular weight excluding hydrogens is 404 g/mol. The van der Waals surface area contributed by atoms with Gasteiger partial charge in [0, 0.05) is 25.9 Å². The van der Waals surface area contributed by atoms with E-state index in [9.17, 15) is 0 Å². The van der Waals surface area contributed by atoms with Crippen molar-refractivity contribution in [2.75, 3.05) is 7.05 Å². The quantitative estimate of drug-likeness (QED) is 0.449. The van der Waals surface area contributed by atoms with Crippen molar-refractivity contribution < 1.29 is 9.47 Å². The summed E-state index contributed by atoms with van der Waals surface area (Å²) in [6, 6.07) is 13.1. The lowest BCUT2D eigenvalue weighted by molar-refractivity contribution is 0.296. The molecule has 0 bridgehead atoms. The van der Waals surface area contributed by atoms with Gasteiger partial charge in [0.15, 0.2) is 5.75 Å². The van der Waals surface area contributed by atoms with Crippen LogP contribution in [0.2, 0.25) is 5.02 Å². The Kier molecular flexibility index (Phi) is 5.76. The number of hydrogen-bond acceptors (Lipinski definition) is 6. The van der Waals surface area contributed by atoms with Crippen LogP contribution in [0.4, 0.5) is 0 Å². The lowest BCUT2D eigenvalue weighted by atomic mass is 10.1. The molecule has 0 spiro atoms. The number of aliphatic imine (C=N–C) groups is 1. The Hall–Kier alpha value is -3.65. The minimum absolute atomic E-state index is 0.269. The molecule has 2 heterocycles. The molecule has 0 radical (unpaired) electrons. The van der Waals surface area contributed by atoms with Crippen LogP contribution in [-0.2, 0) is 13.7 Å². The number of rotatable bonds is 7. The van der Waals surface area contributed by atoms with Gasteiger partial charge in [-0.25, -0.2) is 4.68 Å². The second kappa shape index (κ2) is 8.79. The summed E-state index contributed by atoms with van der Waals surface area (Å²) in [4.78, 5) is 4.01. The number of hydrogen-bond donors (Lipinski definition) is 1. The van der Waals surface area contributed by atoms with Gasteiger partial charge in [0.05, 0.1) is 23.1 Å². The van der Waals surface area contributed by atoms with Gasteiger partial charge in [-0.2, -0.15) is 5.10 Å². The molecule has 9 heteroatoms. The van der Waals surface area contributed by atoms with Crippen molar-refractivity contribution in [1.82, 2.24) is 25.2 Å². The molecule has 1 N–H and O–H groups in total. The molecule has 152 valence electrons. The first-order valence-corrected chi connectivity index (χ1v) is 9.52. The molecule has 0 aliphatic heterocycles. The van der Waals surface area contributed by atoms with Crippen LogP contribution in [0.15, 0.2) is 59.9 Å². The number of nitrogens with one attached hydrogen (secondary N) is 1. The fraction of sp³-hybridized carbons (Fsp3) is 0.143. The molecule has 4 rings (SSSR count). The van der Waals surface area contributed by atoms with E-state index >= 15 is 0 Å². The SMILES string of the molecule is CN=Cc1ccc(Oc2cn[nH]c2-c2cccc(Cl)c2OCc2cnnn2C)cc1. The van der Waals surface area contributed by atoms with E-state index in [1.165, 1.54) is 0 Å². The third kappa shape index (κ3) is 4.18. The lowest BCUT2D eigenvalue weighted by Crippen LogP contribution is -2.04.